The van der Waals surface area contributed by atoms with Gasteiger partial charge < -0.3 is 5.32 Å². The average molecular weight is 358 g/mol. The molecule has 0 saturated carbocycles. The third kappa shape index (κ3) is 3.62. The van der Waals surface area contributed by atoms with E-state index in [1.165, 1.54) is 17.6 Å². The Morgan fingerprint density at radius 3 is 2.95 bits per heavy atom. The number of hydrogen-bond acceptors (Lipinski definition) is 4. The van der Waals surface area contributed by atoms with E-state index >= 15 is 0 Å². The molecule has 2 rings (SSSR count). The number of aryl methyl sites for hydroxylation is 1. The molecule has 0 radical (unpaired) electrons. The molecule has 0 saturated heterocycles. The number of nitrogens with zero attached hydrogens (tertiary/aromatic N) is 2. The lowest BCUT2D eigenvalue weighted by Gasteiger charge is -2.16. The monoisotopic (exact) mass is 357 g/mol. The standard InChI is InChI=1S/C14H17BrFN3S/c1-3-4-12-14(20-19-18-12)13(17-2)8-9-7-10(16)5-6-11(9)15/h5-7,13,17H,3-4,8H2,1-2H3. The first kappa shape index (κ1) is 15.5. The van der Waals surface area contributed by atoms with Crippen LogP contribution in [0.5, 0.6) is 0 Å². The van der Waals surface area contributed by atoms with Crippen molar-refractivity contribution in [3.8, 4) is 0 Å². The molecule has 108 valence electrons. The average Bonchev–Trinajstić information content (AvgIpc) is 2.88. The quantitative estimate of drug-likeness (QED) is 0.851. The highest BCUT2D eigenvalue weighted by Gasteiger charge is 2.19. The van der Waals surface area contributed by atoms with Gasteiger partial charge in [-0.15, -0.1) is 5.10 Å². The lowest BCUT2D eigenvalue weighted by atomic mass is 10.0. The molecule has 0 fully saturated rings. The van der Waals surface area contributed by atoms with Crippen LogP contribution in [0.2, 0.25) is 0 Å². The lowest BCUT2D eigenvalue weighted by Crippen LogP contribution is -2.19. The predicted octanol–water partition coefficient (Wildman–Crippen LogP) is 3.90. The highest BCUT2D eigenvalue weighted by atomic mass is 79.9. The van der Waals surface area contributed by atoms with Crippen molar-refractivity contribution in [2.75, 3.05) is 7.05 Å². The third-order valence-electron chi connectivity index (χ3n) is 3.17. The largest absolute Gasteiger partial charge is 0.312 e. The Hall–Kier alpha value is -0.850. The Morgan fingerprint density at radius 1 is 1.45 bits per heavy atom. The molecule has 0 amide bonds. The van der Waals surface area contributed by atoms with Gasteiger partial charge in [-0.05, 0) is 55.2 Å². The molecule has 0 aliphatic carbocycles. The second-order valence-electron chi connectivity index (χ2n) is 4.61. The molecule has 1 unspecified atom stereocenters. The molecule has 0 spiro atoms. The van der Waals surface area contributed by atoms with Crippen molar-refractivity contribution < 1.29 is 4.39 Å². The Bertz CT molecular complexity index is 573. The van der Waals surface area contributed by atoms with Crippen molar-refractivity contribution in [3.63, 3.8) is 0 Å². The highest BCUT2D eigenvalue weighted by molar-refractivity contribution is 9.10. The Morgan fingerprint density at radius 2 is 2.25 bits per heavy atom. The van der Waals surface area contributed by atoms with Crippen molar-refractivity contribution in [1.29, 1.82) is 0 Å². The zero-order chi connectivity index (χ0) is 14.5. The first-order chi connectivity index (χ1) is 9.65. The number of aromatic nitrogens is 2. The maximum absolute atomic E-state index is 13.4. The molecule has 1 atom stereocenters. The molecule has 1 aromatic carbocycles. The van der Waals surface area contributed by atoms with Crippen molar-refractivity contribution in [1.82, 2.24) is 14.9 Å². The smallest absolute Gasteiger partial charge is 0.123 e. The normalized spacial score (nSPS) is 12.6. The van der Waals surface area contributed by atoms with Gasteiger partial charge in [0, 0.05) is 10.5 Å². The molecule has 1 heterocycles. The van der Waals surface area contributed by atoms with E-state index in [0.717, 1.165) is 33.4 Å². The van der Waals surface area contributed by atoms with E-state index in [1.807, 2.05) is 7.05 Å². The van der Waals surface area contributed by atoms with E-state index < -0.39 is 0 Å². The molecule has 0 bridgehead atoms. The van der Waals surface area contributed by atoms with Crippen LogP contribution in [0.25, 0.3) is 0 Å². The zero-order valence-corrected chi connectivity index (χ0v) is 13.9. The molecule has 6 heteroatoms. The fourth-order valence-corrected chi connectivity index (χ4v) is 3.35. The van der Waals surface area contributed by atoms with Crippen LogP contribution in [0.1, 0.15) is 35.5 Å². The Labute approximate surface area is 130 Å². The topological polar surface area (TPSA) is 37.8 Å². The van der Waals surface area contributed by atoms with Crippen LogP contribution in [-0.2, 0) is 12.8 Å². The van der Waals surface area contributed by atoms with Gasteiger partial charge in [0.2, 0.25) is 0 Å². The van der Waals surface area contributed by atoms with E-state index in [-0.39, 0.29) is 11.9 Å². The van der Waals surface area contributed by atoms with Gasteiger partial charge in [0.1, 0.15) is 5.82 Å². The van der Waals surface area contributed by atoms with Gasteiger partial charge in [0.25, 0.3) is 0 Å². The summed E-state index contributed by atoms with van der Waals surface area (Å²) < 4.78 is 18.4. The van der Waals surface area contributed by atoms with E-state index in [4.69, 9.17) is 0 Å². The van der Waals surface area contributed by atoms with Crippen molar-refractivity contribution in [2.45, 2.75) is 32.2 Å². The van der Waals surface area contributed by atoms with E-state index in [2.05, 4.69) is 37.8 Å². The zero-order valence-electron chi connectivity index (χ0n) is 11.5. The van der Waals surface area contributed by atoms with Crippen LogP contribution in [0.4, 0.5) is 4.39 Å². The number of benzene rings is 1. The van der Waals surface area contributed by atoms with Crippen molar-refractivity contribution in [3.05, 3.63) is 44.6 Å². The molecule has 2 aromatic rings. The number of likely N-dealkylation sites (N-methyl/N-ethyl adjacent to an activating group) is 1. The number of rotatable bonds is 6. The van der Waals surface area contributed by atoms with Crippen LogP contribution in [0.3, 0.4) is 0 Å². The molecule has 1 aromatic heterocycles. The molecule has 20 heavy (non-hydrogen) atoms. The molecular weight excluding hydrogens is 341 g/mol. The molecule has 3 nitrogen and oxygen atoms in total. The van der Waals surface area contributed by atoms with Gasteiger partial charge in [0.15, 0.2) is 0 Å². The SMILES string of the molecule is CCCc1nnsc1C(Cc1cc(F)ccc1Br)NC. The van der Waals surface area contributed by atoms with Crippen LogP contribution >= 0.6 is 27.5 Å². The van der Waals surface area contributed by atoms with Gasteiger partial charge in [-0.1, -0.05) is 33.8 Å². The summed E-state index contributed by atoms with van der Waals surface area (Å²) in [5, 5.41) is 7.48. The van der Waals surface area contributed by atoms with Crippen LogP contribution in [0, 0.1) is 5.82 Å². The molecule has 0 aliphatic heterocycles. The minimum atomic E-state index is -0.214. The van der Waals surface area contributed by atoms with E-state index in [9.17, 15) is 4.39 Å². The summed E-state index contributed by atoms with van der Waals surface area (Å²) in [4.78, 5) is 1.14. The van der Waals surface area contributed by atoms with Crippen LogP contribution in [0.15, 0.2) is 22.7 Å². The van der Waals surface area contributed by atoms with Crippen molar-refractivity contribution >= 4 is 27.5 Å². The van der Waals surface area contributed by atoms with Crippen LogP contribution < -0.4 is 5.32 Å². The molecule has 0 aliphatic rings. The summed E-state index contributed by atoms with van der Waals surface area (Å²) in [7, 11) is 1.91. The second-order valence-corrected chi connectivity index (χ2v) is 6.26. The maximum atomic E-state index is 13.4. The number of hydrogen-bond donors (Lipinski definition) is 1. The summed E-state index contributed by atoms with van der Waals surface area (Å²) in [5.74, 6) is -0.214. The summed E-state index contributed by atoms with van der Waals surface area (Å²) in [6.07, 6.45) is 2.67. The van der Waals surface area contributed by atoms with Crippen LogP contribution in [-0.4, -0.2) is 16.6 Å². The third-order valence-corrected chi connectivity index (χ3v) is 4.82. The fraction of sp³-hybridized carbons (Fsp3) is 0.429. The predicted molar refractivity (Wildman–Crippen MR) is 83.5 cm³/mol. The number of nitrogens with one attached hydrogen (secondary N) is 1. The molecular formula is C14H17BrFN3S. The van der Waals surface area contributed by atoms with E-state index in [0.29, 0.717) is 6.42 Å². The summed E-state index contributed by atoms with van der Waals surface area (Å²) >= 11 is 4.90. The fourth-order valence-electron chi connectivity index (χ4n) is 2.14. The second kappa shape index (κ2) is 7.24. The first-order valence-electron chi connectivity index (χ1n) is 6.58. The summed E-state index contributed by atoms with van der Waals surface area (Å²) in [6, 6.07) is 4.88. The first-order valence-corrected chi connectivity index (χ1v) is 8.14. The molecule has 1 N–H and O–H groups in total. The minimum Gasteiger partial charge on any atom is -0.312 e. The van der Waals surface area contributed by atoms with Gasteiger partial charge >= 0.3 is 0 Å². The number of halogens is 2. The Kier molecular flexibility index (Phi) is 5.63. The van der Waals surface area contributed by atoms with Gasteiger partial charge in [-0.3, -0.25) is 0 Å². The minimum absolute atomic E-state index is 0.106. The van der Waals surface area contributed by atoms with Gasteiger partial charge in [0.05, 0.1) is 10.6 Å². The maximum Gasteiger partial charge on any atom is 0.123 e. The Balaban J connectivity index is 2.24. The van der Waals surface area contributed by atoms with Gasteiger partial charge in [-0.2, -0.15) is 0 Å². The van der Waals surface area contributed by atoms with E-state index in [1.54, 1.807) is 12.1 Å². The van der Waals surface area contributed by atoms with Gasteiger partial charge in [-0.25, -0.2) is 4.39 Å². The van der Waals surface area contributed by atoms with Crippen molar-refractivity contribution in [2.24, 2.45) is 0 Å². The lowest BCUT2D eigenvalue weighted by molar-refractivity contribution is 0.584. The summed E-state index contributed by atoms with van der Waals surface area (Å²) in [6.45, 7) is 2.13. The highest BCUT2D eigenvalue weighted by Crippen LogP contribution is 2.28. The summed E-state index contributed by atoms with van der Waals surface area (Å²) in [5.41, 5.74) is 1.99.